The molecule has 42 heavy (non-hydrogen) atoms. The van der Waals surface area contributed by atoms with Crippen molar-refractivity contribution < 1.29 is 14.4 Å². The van der Waals surface area contributed by atoms with Crippen LogP contribution in [0.25, 0.3) is 16.6 Å². The number of carbonyl (C=O) groups is 3. The summed E-state index contributed by atoms with van der Waals surface area (Å²) in [6.07, 6.45) is 1.63. The highest BCUT2D eigenvalue weighted by molar-refractivity contribution is 8.00. The number of anilines is 2. The quantitative estimate of drug-likeness (QED) is 0.113. The molecule has 1 atom stereocenters. The van der Waals surface area contributed by atoms with Gasteiger partial charge in [-0.2, -0.15) is 0 Å². The summed E-state index contributed by atoms with van der Waals surface area (Å²) in [7, 11) is 0. The predicted molar refractivity (Wildman–Crippen MR) is 173 cm³/mol. The van der Waals surface area contributed by atoms with Crippen molar-refractivity contribution in [3.8, 4) is 10.6 Å². The lowest BCUT2D eigenvalue weighted by atomic mass is 10.1. The van der Waals surface area contributed by atoms with Gasteiger partial charge in [0.15, 0.2) is 5.13 Å². The van der Waals surface area contributed by atoms with Gasteiger partial charge in [-0.05, 0) is 66.4 Å². The van der Waals surface area contributed by atoms with Crippen LogP contribution in [0.3, 0.4) is 0 Å². The molecule has 0 aliphatic rings. The average Bonchev–Trinajstić information content (AvgIpc) is 3.71. The van der Waals surface area contributed by atoms with Crippen LogP contribution in [0.5, 0.6) is 0 Å². The monoisotopic (exact) mass is 610 g/mol. The van der Waals surface area contributed by atoms with E-state index < -0.39 is 5.91 Å². The van der Waals surface area contributed by atoms with Gasteiger partial charge in [0, 0.05) is 21.5 Å². The number of thiazole rings is 1. The highest BCUT2D eigenvalue weighted by Gasteiger charge is 2.18. The van der Waals surface area contributed by atoms with Crippen molar-refractivity contribution in [2.75, 3.05) is 10.6 Å². The van der Waals surface area contributed by atoms with Crippen LogP contribution in [0.4, 0.5) is 10.8 Å². The van der Waals surface area contributed by atoms with Crippen molar-refractivity contribution in [1.82, 2.24) is 10.3 Å². The van der Waals surface area contributed by atoms with Gasteiger partial charge in [0.2, 0.25) is 5.91 Å². The maximum atomic E-state index is 13.2. The third-order valence-corrected chi connectivity index (χ3v) is 8.70. The van der Waals surface area contributed by atoms with Gasteiger partial charge in [-0.3, -0.25) is 14.4 Å². The van der Waals surface area contributed by atoms with Gasteiger partial charge < -0.3 is 16.0 Å². The highest BCUT2D eigenvalue weighted by Crippen LogP contribution is 2.30. The zero-order valence-corrected chi connectivity index (χ0v) is 24.9. The molecular weight excluding hydrogens is 585 g/mol. The molecule has 0 radical (unpaired) electrons. The van der Waals surface area contributed by atoms with Crippen molar-refractivity contribution in [3.05, 3.63) is 125 Å². The Kier molecular flexibility index (Phi) is 9.60. The van der Waals surface area contributed by atoms with Crippen LogP contribution < -0.4 is 16.0 Å². The molecule has 3 amide bonds. The summed E-state index contributed by atoms with van der Waals surface area (Å²) < 4.78 is 0. The Labute approximate surface area is 255 Å². The lowest BCUT2D eigenvalue weighted by molar-refractivity contribution is -0.115. The molecule has 0 aliphatic carbocycles. The Hall–Kier alpha value is -4.51. The van der Waals surface area contributed by atoms with E-state index in [1.807, 2.05) is 78.3 Å². The summed E-state index contributed by atoms with van der Waals surface area (Å²) in [5.41, 5.74) is 2.74. The lowest BCUT2D eigenvalue weighted by Gasteiger charge is -2.13. The summed E-state index contributed by atoms with van der Waals surface area (Å²) >= 11 is 4.40. The number of nitrogens with one attached hydrogen (secondary N) is 3. The molecule has 2 heterocycles. The Morgan fingerprint density at radius 2 is 1.55 bits per heavy atom. The number of rotatable bonds is 10. The van der Waals surface area contributed by atoms with Crippen molar-refractivity contribution in [2.24, 2.45) is 0 Å². The standard InChI is InChI=1S/C32H26N4O3S3/c1-21(29(37)36-32-35-27(20-41-32)28-13-8-18-40-28)42-25-16-14-24(15-17-25)33-31(39)26(19-22-9-4-2-5-10-22)34-30(38)23-11-6-3-7-12-23/h2-21H,1H3,(H,33,39)(H,34,38)(H,35,36,37)/b26-19-. The summed E-state index contributed by atoms with van der Waals surface area (Å²) in [6.45, 7) is 1.83. The molecule has 0 saturated carbocycles. The number of hydrogen-bond acceptors (Lipinski definition) is 7. The van der Waals surface area contributed by atoms with Gasteiger partial charge in [0.1, 0.15) is 5.70 Å². The SMILES string of the molecule is CC(Sc1ccc(NC(=O)/C(=C/c2ccccc2)NC(=O)c2ccccc2)cc1)C(=O)Nc1nc(-c2cccs2)cs1. The topological polar surface area (TPSA) is 100 Å². The molecule has 5 aromatic rings. The minimum Gasteiger partial charge on any atom is -0.321 e. The lowest BCUT2D eigenvalue weighted by Crippen LogP contribution is -2.30. The molecule has 7 nitrogen and oxygen atoms in total. The first-order chi connectivity index (χ1) is 20.4. The first-order valence-corrected chi connectivity index (χ1v) is 15.6. The van der Waals surface area contributed by atoms with E-state index in [1.165, 1.54) is 23.1 Å². The molecule has 10 heteroatoms. The van der Waals surface area contributed by atoms with Crippen LogP contribution >= 0.6 is 34.4 Å². The van der Waals surface area contributed by atoms with Gasteiger partial charge in [0.25, 0.3) is 11.8 Å². The van der Waals surface area contributed by atoms with Crippen LogP contribution in [0, 0.1) is 0 Å². The molecule has 210 valence electrons. The minimum absolute atomic E-state index is 0.114. The van der Waals surface area contributed by atoms with E-state index in [4.69, 9.17) is 0 Å². The summed E-state index contributed by atoms with van der Waals surface area (Å²) in [6, 6.07) is 29.2. The first kappa shape index (κ1) is 29.0. The van der Waals surface area contributed by atoms with Crippen LogP contribution in [-0.4, -0.2) is 28.0 Å². The number of thioether (sulfide) groups is 1. The zero-order valence-electron chi connectivity index (χ0n) is 22.4. The van der Waals surface area contributed by atoms with Gasteiger partial charge in [-0.1, -0.05) is 54.6 Å². The van der Waals surface area contributed by atoms with Gasteiger partial charge in [-0.15, -0.1) is 34.4 Å². The van der Waals surface area contributed by atoms with Crippen molar-refractivity contribution in [1.29, 1.82) is 0 Å². The normalized spacial score (nSPS) is 11.9. The second-order valence-electron chi connectivity index (χ2n) is 9.03. The van der Waals surface area contributed by atoms with Crippen LogP contribution in [0.2, 0.25) is 0 Å². The second kappa shape index (κ2) is 13.9. The smallest absolute Gasteiger partial charge is 0.272 e. The fourth-order valence-electron chi connectivity index (χ4n) is 3.81. The second-order valence-corrected chi connectivity index (χ2v) is 12.3. The molecular formula is C32H26N4O3S3. The third-order valence-electron chi connectivity index (χ3n) is 5.94. The third kappa shape index (κ3) is 7.82. The molecule has 3 N–H and O–H groups in total. The van der Waals surface area contributed by atoms with Crippen molar-refractivity contribution in [3.63, 3.8) is 0 Å². The molecule has 3 aromatic carbocycles. The summed E-state index contributed by atoms with van der Waals surface area (Å²) in [5.74, 6) is -0.983. The largest absolute Gasteiger partial charge is 0.321 e. The fourth-order valence-corrected chi connectivity index (χ4v) is 6.15. The molecule has 0 aliphatic heterocycles. The van der Waals surface area contributed by atoms with E-state index in [-0.39, 0.29) is 22.8 Å². The number of aromatic nitrogens is 1. The number of thiophene rings is 1. The van der Waals surface area contributed by atoms with Crippen LogP contribution in [0.1, 0.15) is 22.8 Å². The van der Waals surface area contributed by atoms with Crippen LogP contribution in [0.15, 0.2) is 118 Å². The van der Waals surface area contributed by atoms with Crippen molar-refractivity contribution >= 4 is 69.1 Å². The van der Waals surface area contributed by atoms with Gasteiger partial charge in [-0.25, -0.2) is 4.98 Å². The maximum absolute atomic E-state index is 13.2. The zero-order chi connectivity index (χ0) is 29.3. The average molecular weight is 611 g/mol. The van der Waals surface area contributed by atoms with Crippen molar-refractivity contribution in [2.45, 2.75) is 17.1 Å². The number of hydrogen-bond donors (Lipinski definition) is 3. The number of amides is 3. The van der Waals surface area contributed by atoms with E-state index in [1.54, 1.807) is 53.8 Å². The number of carbonyl (C=O) groups excluding carboxylic acids is 3. The molecule has 0 bridgehead atoms. The fraction of sp³-hybridized carbons (Fsp3) is 0.0625. The molecule has 2 aromatic heterocycles. The molecule has 0 saturated heterocycles. The van der Waals surface area contributed by atoms with Crippen LogP contribution in [-0.2, 0) is 9.59 Å². The predicted octanol–water partition coefficient (Wildman–Crippen LogP) is 7.40. The highest BCUT2D eigenvalue weighted by atomic mass is 32.2. The Morgan fingerprint density at radius 1 is 0.833 bits per heavy atom. The van der Waals surface area contributed by atoms with E-state index >= 15 is 0 Å². The maximum Gasteiger partial charge on any atom is 0.272 e. The Bertz CT molecular complexity index is 1680. The Balaban J connectivity index is 1.20. The molecule has 1 unspecified atom stereocenters. The first-order valence-electron chi connectivity index (χ1n) is 13.0. The Morgan fingerprint density at radius 3 is 2.24 bits per heavy atom. The number of benzene rings is 3. The summed E-state index contributed by atoms with van der Waals surface area (Å²) in [5, 5.41) is 12.6. The minimum atomic E-state index is -0.457. The molecule has 0 spiro atoms. The van der Waals surface area contributed by atoms with E-state index in [2.05, 4.69) is 20.9 Å². The van der Waals surface area contributed by atoms with Gasteiger partial charge >= 0.3 is 0 Å². The molecule has 5 rings (SSSR count). The van der Waals surface area contributed by atoms with E-state index in [0.29, 0.717) is 16.4 Å². The van der Waals surface area contributed by atoms with E-state index in [9.17, 15) is 14.4 Å². The number of nitrogens with zero attached hydrogens (tertiary/aromatic N) is 1. The van der Waals surface area contributed by atoms with E-state index in [0.717, 1.165) is 21.0 Å². The molecule has 0 fully saturated rings. The summed E-state index contributed by atoms with van der Waals surface area (Å²) in [4.78, 5) is 45.3. The van der Waals surface area contributed by atoms with Gasteiger partial charge in [0.05, 0.1) is 15.8 Å².